The summed E-state index contributed by atoms with van der Waals surface area (Å²) in [5.41, 5.74) is 0. The molecule has 0 saturated heterocycles. The predicted octanol–water partition coefficient (Wildman–Crippen LogP) is 8.02. The van der Waals surface area contributed by atoms with Crippen molar-refractivity contribution in [3.05, 3.63) is 0 Å². The smallest absolute Gasteiger partial charge is 0.306 e. The minimum Gasteiger partial charge on any atom is -0.466 e. The Kier molecular flexibility index (Phi) is 21.4. The maximum absolute atomic E-state index is 12.1. The van der Waals surface area contributed by atoms with E-state index in [1.807, 2.05) is 0 Å². The average Bonchev–Trinajstić information content (AvgIpc) is 2.74. The van der Waals surface area contributed by atoms with Gasteiger partial charge in [-0.3, -0.25) is 9.59 Å². The predicted molar refractivity (Wildman–Crippen MR) is 130 cm³/mol. The summed E-state index contributed by atoms with van der Waals surface area (Å²) in [5, 5.41) is 0. The molecule has 31 heavy (non-hydrogen) atoms. The van der Waals surface area contributed by atoms with Gasteiger partial charge in [0.2, 0.25) is 0 Å². The van der Waals surface area contributed by atoms with Crippen LogP contribution in [0, 0.1) is 11.8 Å². The van der Waals surface area contributed by atoms with E-state index in [1.165, 1.54) is 38.5 Å². The van der Waals surface area contributed by atoms with Crippen LogP contribution in [-0.2, 0) is 19.1 Å². The molecule has 0 radical (unpaired) electrons. The van der Waals surface area contributed by atoms with Gasteiger partial charge in [-0.05, 0) is 37.5 Å². The molecule has 0 aliphatic rings. The average molecular weight is 441 g/mol. The van der Waals surface area contributed by atoms with Gasteiger partial charge in [0.05, 0.1) is 13.2 Å². The fourth-order valence-electron chi connectivity index (χ4n) is 3.83. The van der Waals surface area contributed by atoms with Crippen LogP contribution >= 0.6 is 0 Å². The van der Waals surface area contributed by atoms with E-state index in [0.717, 1.165) is 57.8 Å². The van der Waals surface area contributed by atoms with Crippen LogP contribution in [0.2, 0.25) is 0 Å². The largest absolute Gasteiger partial charge is 0.466 e. The van der Waals surface area contributed by atoms with Gasteiger partial charge in [-0.15, -0.1) is 0 Å². The normalized spacial score (nSPS) is 12.2. The molecular formula is C27H52O4. The highest BCUT2D eigenvalue weighted by molar-refractivity contribution is 5.69. The molecule has 0 aromatic rings. The van der Waals surface area contributed by atoms with Gasteiger partial charge >= 0.3 is 11.9 Å². The van der Waals surface area contributed by atoms with Crippen LogP contribution in [0.3, 0.4) is 0 Å². The van der Waals surface area contributed by atoms with Gasteiger partial charge in [0.15, 0.2) is 0 Å². The van der Waals surface area contributed by atoms with Crippen molar-refractivity contribution in [2.24, 2.45) is 11.8 Å². The molecule has 0 N–H and O–H groups in total. The van der Waals surface area contributed by atoms with Crippen LogP contribution in [0.25, 0.3) is 0 Å². The summed E-state index contributed by atoms with van der Waals surface area (Å²) >= 11 is 0. The molecular weight excluding hydrogens is 388 g/mol. The van der Waals surface area contributed by atoms with Crippen molar-refractivity contribution < 1.29 is 19.1 Å². The van der Waals surface area contributed by atoms with Crippen LogP contribution in [0.4, 0.5) is 0 Å². The van der Waals surface area contributed by atoms with Gasteiger partial charge in [-0.25, -0.2) is 0 Å². The van der Waals surface area contributed by atoms with Crippen LogP contribution in [0.5, 0.6) is 0 Å². The van der Waals surface area contributed by atoms with E-state index in [0.29, 0.717) is 37.9 Å². The van der Waals surface area contributed by atoms with Gasteiger partial charge in [0.25, 0.3) is 0 Å². The molecule has 1 unspecified atom stereocenters. The van der Waals surface area contributed by atoms with Crippen LogP contribution in [0.15, 0.2) is 0 Å². The summed E-state index contributed by atoms with van der Waals surface area (Å²) in [6.45, 7) is 9.92. The van der Waals surface area contributed by atoms with Crippen molar-refractivity contribution in [1.82, 2.24) is 0 Å². The molecule has 0 aromatic heterocycles. The Hall–Kier alpha value is -1.06. The second-order valence-corrected chi connectivity index (χ2v) is 9.43. The number of carbonyl (C=O) groups excluding carboxylic acids is 2. The van der Waals surface area contributed by atoms with Gasteiger partial charge in [0, 0.05) is 12.8 Å². The Bertz CT molecular complexity index is 419. The lowest BCUT2D eigenvalue weighted by atomic mass is 9.87. The van der Waals surface area contributed by atoms with E-state index in [2.05, 4.69) is 27.7 Å². The first-order valence-corrected chi connectivity index (χ1v) is 13.3. The minimum atomic E-state index is -0.0272. The Labute approximate surface area is 193 Å². The molecule has 4 heteroatoms. The molecule has 184 valence electrons. The maximum atomic E-state index is 12.1. The van der Waals surface area contributed by atoms with E-state index in [-0.39, 0.29) is 11.9 Å². The summed E-state index contributed by atoms with van der Waals surface area (Å²) in [4.78, 5) is 23.7. The Morgan fingerprint density at radius 1 is 0.613 bits per heavy atom. The lowest BCUT2D eigenvalue weighted by molar-refractivity contribution is -0.145. The van der Waals surface area contributed by atoms with Crippen molar-refractivity contribution in [3.8, 4) is 0 Å². The molecule has 0 aliphatic carbocycles. The summed E-state index contributed by atoms with van der Waals surface area (Å²) < 4.78 is 10.6. The summed E-state index contributed by atoms with van der Waals surface area (Å²) in [6.07, 6.45) is 18.4. The first-order chi connectivity index (χ1) is 15.0. The molecule has 0 spiro atoms. The Morgan fingerprint density at radius 2 is 1.10 bits per heavy atom. The fourth-order valence-corrected chi connectivity index (χ4v) is 3.83. The maximum Gasteiger partial charge on any atom is 0.306 e. The third-order valence-electron chi connectivity index (χ3n) is 6.10. The fraction of sp³-hybridized carbons (Fsp3) is 0.926. The van der Waals surface area contributed by atoms with Crippen molar-refractivity contribution in [3.63, 3.8) is 0 Å². The molecule has 0 bridgehead atoms. The van der Waals surface area contributed by atoms with Gasteiger partial charge < -0.3 is 9.47 Å². The Morgan fingerprint density at radius 3 is 1.61 bits per heavy atom. The number of hydrogen-bond acceptors (Lipinski definition) is 4. The monoisotopic (exact) mass is 440 g/mol. The first kappa shape index (κ1) is 29.9. The zero-order valence-electron chi connectivity index (χ0n) is 21.2. The van der Waals surface area contributed by atoms with E-state index < -0.39 is 0 Å². The van der Waals surface area contributed by atoms with Crippen molar-refractivity contribution in [1.29, 1.82) is 0 Å². The molecule has 0 aromatic carbocycles. The number of ether oxygens (including phenoxy) is 2. The molecule has 0 amide bonds. The second kappa shape index (κ2) is 22.1. The molecule has 0 heterocycles. The molecule has 4 nitrogen and oxygen atoms in total. The zero-order chi connectivity index (χ0) is 23.2. The minimum absolute atomic E-state index is 0.0142. The molecule has 1 atom stereocenters. The SMILES string of the molecule is CCCCCOC(=O)CCCCCCCCCCC(CC(=O)OCCCCC)C(C)C. The van der Waals surface area contributed by atoms with E-state index in [1.54, 1.807) is 0 Å². The van der Waals surface area contributed by atoms with Gasteiger partial charge in [-0.1, -0.05) is 98.3 Å². The molecule has 0 saturated carbocycles. The zero-order valence-corrected chi connectivity index (χ0v) is 21.2. The van der Waals surface area contributed by atoms with Crippen LogP contribution < -0.4 is 0 Å². The van der Waals surface area contributed by atoms with Crippen molar-refractivity contribution >= 4 is 11.9 Å². The van der Waals surface area contributed by atoms with Crippen molar-refractivity contribution in [2.75, 3.05) is 13.2 Å². The Balaban J connectivity index is 3.59. The van der Waals surface area contributed by atoms with E-state index in [4.69, 9.17) is 9.47 Å². The molecule has 0 fully saturated rings. The lowest BCUT2D eigenvalue weighted by Crippen LogP contribution is -2.17. The summed E-state index contributed by atoms with van der Waals surface area (Å²) in [6, 6.07) is 0. The quantitative estimate of drug-likeness (QED) is 0.126. The third kappa shape index (κ3) is 20.6. The van der Waals surface area contributed by atoms with Crippen molar-refractivity contribution in [2.45, 2.75) is 137 Å². The summed E-state index contributed by atoms with van der Waals surface area (Å²) in [7, 11) is 0. The van der Waals surface area contributed by atoms with Gasteiger partial charge in [0.1, 0.15) is 0 Å². The van der Waals surface area contributed by atoms with Crippen LogP contribution in [-0.4, -0.2) is 25.2 Å². The first-order valence-electron chi connectivity index (χ1n) is 13.3. The third-order valence-corrected chi connectivity index (χ3v) is 6.10. The molecule has 0 aliphatic heterocycles. The number of hydrogen-bond donors (Lipinski definition) is 0. The second-order valence-electron chi connectivity index (χ2n) is 9.43. The lowest BCUT2D eigenvalue weighted by Gasteiger charge is -2.20. The molecule has 0 rings (SSSR count). The summed E-state index contributed by atoms with van der Waals surface area (Å²) in [5.74, 6) is 0.933. The standard InChI is InChI=1S/C27H52O4/c1-5-7-17-21-30-26(28)20-16-14-12-10-9-11-13-15-19-25(24(3)4)23-27(29)31-22-18-8-6-2/h24-25H,5-23H2,1-4H3. The highest BCUT2D eigenvalue weighted by atomic mass is 16.5. The highest BCUT2D eigenvalue weighted by Gasteiger charge is 2.18. The number of rotatable bonds is 22. The van der Waals surface area contributed by atoms with E-state index in [9.17, 15) is 9.59 Å². The number of unbranched alkanes of at least 4 members (excludes halogenated alkanes) is 11. The number of esters is 2. The number of carbonyl (C=O) groups is 2. The topological polar surface area (TPSA) is 52.6 Å². The highest BCUT2D eigenvalue weighted by Crippen LogP contribution is 2.23. The van der Waals surface area contributed by atoms with Crippen LogP contribution in [0.1, 0.15) is 137 Å². The van der Waals surface area contributed by atoms with Gasteiger partial charge in [-0.2, -0.15) is 0 Å². The van der Waals surface area contributed by atoms with E-state index >= 15 is 0 Å².